The molecule has 0 saturated heterocycles. The molecular weight excluding hydrogens is 304 g/mol. The minimum Gasteiger partial charge on any atom is -0.354 e. The van der Waals surface area contributed by atoms with Gasteiger partial charge in [-0.3, -0.25) is 10.1 Å². The maximum absolute atomic E-state index is 11.9. The Balaban J connectivity index is 2.54. The van der Waals surface area contributed by atoms with Crippen molar-refractivity contribution in [3.63, 3.8) is 0 Å². The zero-order valence-corrected chi connectivity index (χ0v) is 13.6. The van der Waals surface area contributed by atoms with Gasteiger partial charge in [0.25, 0.3) is 0 Å². The van der Waals surface area contributed by atoms with Crippen LogP contribution in [-0.4, -0.2) is 18.5 Å². The van der Waals surface area contributed by atoms with Gasteiger partial charge in [-0.1, -0.05) is 48.0 Å². The van der Waals surface area contributed by atoms with Gasteiger partial charge in [0.05, 0.1) is 6.04 Å². The van der Waals surface area contributed by atoms with E-state index in [1.807, 2.05) is 25.1 Å². The molecule has 0 heterocycles. The molecule has 0 fully saturated rings. The highest BCUT2D eigenvalue weighted by Gasteiger charge is 2.17. The largest absolute Gasteiger partial charge is 0.354 e. The van der Waals surface area contributed by atoms with Crippen LogP contribution in [0.1, 0.15) is 39.3 Å². The second kappa shape index (κ2) is 7.65. The number of amides is 1. The van der Waals surface area contributed by atoms with Gasteiger partial charge in [-0.15, -0.1) is 0 Å². The van der Waals surface area contributed by atoms with E-state index in [1.165, 1.54) is 0 Å². The van der Waals surface area contributed by atoms with Gasteiger partial charge in [-0.2, -0.15) is 0 Å². The first-order valence-electron chi connectivity index (χ1n) is 6.70. The summed E-state index contributed by atoms with van der Waals surface area (Å²) in [4.78, 5) is 11.9. The number of rotatable bonds is 6. The molecule has 0 spiro atoms. The highest BCUT2D eigenvalue weighted by molar-refractivity contribution is 9.10. The first-order chi connectivity index (χ1) is 8.91. The second-order valence-corrected chi connectivity index (χ2v) is 6.12. The lowest BCUT2D eigenvalue weighted by Crippen LogP contribution is -2.44. The fourth-order valence-electron chi connectivity index (χ4n) is 1.82. The van der Waals surface area contributed by atoms with Crippen LogP contribution < -0.4 is 10.6 Å². The Labute approximate surface area is 124 Å². The van der Waals surface area contributed by atoms with Crippen LogP contribution in [0.4, 0.5) is 0 Å². The molecule has 106 valence electrons. The monoisotopic (exact) mass is 326 g/mol. The lowest BCUT2D eigenvalue weighted by molar-refractivity contribution is -0.123. The minimum absolute atomic E-state index is 0.0487. The molecule has 0 radical (unpaired) electrons. The number of carbonyl (C=O) groups is 1. The summed E-state index contributed by atoms with van der Waals surface area (Å²) in [6.45, 7) is 8.84. The van der Waals surface area contributed by atoms with Gasteiger partial charge in [0.15, 0.2) is 0 Å². The summed E-state index contributed by atoms with van der Waals surface area (Å²) in [5, 5.41) is 6.26. The van der Waals surface area contributed by atoms with Gasteiger partial charge in [0, 0.05) is 17.1 Å². The van der Waals surface area contributed by atoms with E-state index in [0.717, 1.165) is 10.0 Å². The van der Waals surface area contributed by atoms with Crippen LogP contribution in [0.5, 0.6) is 0 Å². The van der Waals surface area contributed by atoms with Crippen molar-refractivity contribution >= 4 is 21.8 Å². The molecule has 0 aromatic heterocycles. The van der Waals surface area contributed by atoms with Gasteiger partial charge >= 0.3 is 0 Å². The molecule has 2 atom stereocenters. The van der Waals surface area contributed by atoms with E-state index < -0.39 is 0 Å². The van der Waals surface area contributed by atoms with Crippen molar-refractivity contribution in [3.05, 3.63) is 34.3 Å². The smallest absolute Gasteiger partial charge is 0.236 e. The highest BCUT2D eigenvalue weighted by Crippen LogP contribution is 2.22. The van der Waals surface area contributed by atoms with E-state index in [1.54, 1.807) is 0 Å². The van der Waals surface area contributed by atoms with Crippen molar-refractivity contribution < 1.29 is 4.79 Å². The van der Waals surface area contributed by atoms with E-state index >= 15 is 0 Å². The van der Waals surface area contributed by atoms with Crippen LogP contribution in [0.2, 0.25) is 0 Å². The van der Waals surface area contributed by atoms with E-state index in [2.05, 4.69) is 53.4 Å². The molecule has 1 rings (SSSR count). The van der Waals surface area contributed by atoms with Gasteiger partial charge in [-0.25, -0.2) is 0 Å². The van der Waals surface area contributed by atoms with Gasteiger partial charge in [0.1, 0.15) is 0 Å². The zero-order valence-electron chi connectivity index (χ0n) is 12.0. The van der Waals surface area contributed by atoms with Gasteiger partial charge in [-0.05, 0) is 31.4 Å². The van der Waals surface area contributed by atoms with E-state index in [9.17, 15) is 4.79 Å². The summed E-state index contributed by atoms with van der Waals surface area (Å²) < 4.78 is 1.06. The maximum atomic E-state index is 11.9. The Morgan fingerprint density at radius 1 is 1.21 bits per heavy atom. The minimum atomic E-state index is -0.208. The van der Waals surface area contributed by atoms with Crippen LogP contribution >= 0.6 is 15.9 Å². The third-order valence-electron chi connectivity index (χ3n) is 2.95. The molecule has 0 aliphatic carbocycles. The number of nitrogens with one attached hydrogen (secondary N) is 2. The number of carbonyl (C=O) groups excluding carboxylic acids is 1. The summed E-state index contributed by atoms with van der Waals surface area (Å²) in [5.74, 6) is 0.518. The first kappa shape index (κ1) is 16.2. The molecule has 0 aliphatic rings. The summed E-state index contributed by atoms with van der Waals surface area (Å²) in [5.41, 5.74) is 1.16. The predicted molar refractivity (Wildman–Crippen MR) is 83.0 cm³/mol. The van der Waals surface area contributed by atoms with Crippen LogP contribution in [0.15, 0.2) is 28.7 Å². The topological polar surface area (TPSA) is 41.1 Å². The molecule has 0 aliphatic heterocycles. The van der Waals surface area contributed by atoms with Crippen molar-refractivity contribution in [1.82, 2.24) is 10.6 Å². The highest BCUT2D eigenvalue weighted by atomic mass is 79.9. The molecule has 1 aromatic carbocycles. The molecule has 1 amide bonds. The molecule has 0 bridgehead atoms. The van der Waals surface area contributed by atoms with Gasteiger partial charge < -0.3 is 5.32 Å². The van der Waals surface area contributed by atoms with Crippen molar-refractivity contribution in [2.75, 3.05) is 6.54 Å². The lowest BCUT2D eigenvalue weighted by atomic mass is 10.1. The molecule has 4 heteroatoms. The van der Waals surface area contributed by atoms with E-state index in [0.29, 0.717) is 12.5 Å². The third kappa shape index (κ3) is 5.33. The summed E-state index contributed by atoms with van der Waals surface area (Å²) >= 11 is 3.53. The van der Waals surface area contributed by atoms with E-state index in [-0.39, 0.29) is 18.0 Å². The summed E-state index contributed by atoms with van der Waals surface area (Å²) in [7, 11) is 0. The normalized spacial score (nSPS) is 14.2. The SMILES string of the molecule is CC(C)CNC(=O)C(C)N[C@H](C)c1ccccc1Br. The molecule has 0 saturated carbocycles. The number of benzene rings is 1. The molecule has 2 N–H and O–H groups in total. The fourth-order valence-corrected chi connectivity index (χ4v) is 2.45. The van der Waals surface area contributed by atoms with Crippen LogP contribution in [0.3, 0.4) is 0 Å². The molecule has 3 nitrogen and oxygen atoms in total. The second-order valence-electron chi connectivity index (χ2n) is 5.27. The van der Waals surface area contributed by atoms with Crippen molar-refractivity contribution in [1.29, 1.82) is 0 Å². The Bertz CT molecular complexity index is 420. The molecule has 1 aromatic rings. The number of halogens is 1. The van der Waals surface area contributed by atoms with E-state index in [4.69, 9.17) is 0 Å². The maximum Gasteiger partial charge on any atom is 0.236 e. The quantitative estimate of drug-likeness (QED) is 0.842. The Morgan fingerprint density at radius 3 is 2.42 bits per heavy atom. The van der Waals surface area contributed by atoms with Crippen LogP contribution in [0, 0.1) is 5.92 Å². The van der Waals surface area contributed by atoms with Crippen molar-refractivity contribution in [2.24, 2.45) is 5.92 Å². The van der Waals surface area contributed by atoms with Crippen molar-refractivity contribution in [3.8, 4) is 0 Å². The Kier molecular flexibility index (Phi) is 6.52. The Hall–Kier alpha value is -0.870. The number of hydrogen-bond acceptors (Lipinski definition) is 2. The number of hydrogen-bond donors (Lipinski definition) is 2. The predicted octanol–water partition coefficient (Wildman–Crippen LogP) is 3.26. The molecular formula is C15H23BrN2O. The zero-order chi connectivity index (χ0) is 14.4. The van der Waals surface area contributed by atoms with Crippen LogP contribution in [0.25, 0.3) is 0 Å². The van der Waals surface area contributed by atoms with Crippen molar-refractivity contribution in [2.45, 2.75) is 39.8 Å². The summed E-state index contributed by atoms with van der Waals surface area (Å²) in [6.07, 6.45) is 0. The Morgan fingerprint density at radius 2 is 1.84 bits per heavy atom. The average molecular weight is 327 g/mol. The standard InChI is InChI=1S/C15H23BrN2O/c1-10(2)9-17-15(19)12(4)18-11(3)13-7-5-6-8-14(13)16/h5-8,10-12,18H,9H2,1-4H3,(H,17,19)/t11-,12?/m1/s1. The van der Waals surface area contributed by atoms with Crippen LogP contribution in [-0.2, 0) is 4.79 Å². The molecule has 1 unspecified atom stereocenters. The summed E-state index contributed by atoms with van der Waals surface area (Å²) in [6, 6.07) is 7.97. The first-order valence-corrected chi connectivity index (χ1v) is 7.49. The lowest BCUT2D eigenvalue weighted by Gasteiger charge is -2.21. The fraction of sp³-hybridized carbons (Fsp3) is 0.533. The van der Waals surface area contributed by atoms with Gasteiger partial charge in [0.2, 0.25) is 5.91 Å². The molecule has 19 heavy (non-hydrogen) atoms. The average Bonchev–Trinajstić information content (AvgIpc) is 2.36. The third-order valence-corrected chi connectivity index (χ3v) is 3.67.